The number of nitrogens with zero attached hydrogens (tertiary/aromatic N) is 5. The van der Waals surface area contributed by atoms with Crippen molar-refractivity contribution in [3.05, 3.63) is 66.0 Å². The number of aromatic nitrogens is 4. The molecule has 1 aromatic carbocycles. The van der Waals surface area contributed by atoms with Crippen LogP contribution in [-0.4, -0.2) is 25.4 Å². The molecular formula is C18H18ClFN6. The second kappa shape index (κ2) is 6.49. The normalized spacial score (nSPS) is 18.7. The van der Waals surface area contributed by atoms with Crippen molar-refractivity contribution in [1.82, 2.24) is 19.5 Å². The highest BCUT2D eigenvalue weighted by Crippen LogP contribution is 2.35. The molecular weight excluding hydrogens is 355 g/mol. The second-order valence-corrected chi connectivity index (χ2v) is 6.40. The van der Waals surface area contributed by atoms with E-state index in [1.54, 1.807) is 30.9 Å². The first-order valence-electron chi connectivity index (χ1n) is 7.91. The van der Waals surface area contributed by atoms with Crippen LogP contribution in [0.25, 0.3) is 11.1 Å². The van der Waals surface area contributed by atoms with Crippen molar-refractivity contribution in [3.8, 4) is 11.1 Å². The Hall–Kier alpha value is -2.80. The van der Waals surface area contributed by atoms with Gasteiger partial charge in [0.15, 0.2) is 0 Å². The Balaban J connectivity index is 0.00000196. The van der Waals surface area contributed by atoms with Crippen LogP contribution in [0.2, 0.25) is 0 Å². The molecule has 1 atom stereocenters. The lowest BCUT2D eigenvalue weighted by Gasteiger charge is -2.32. The summed E-state index contributed by atoms with van der Waals surface area (Å²) in [5, 5.41) is 0. The summed E-state index contributed by atoms with van der Waals surface area (Å²) >= 11 is 0. The number of imidazole rings is 1. The maximum absolute atomic E-state index is 14.7. The Morgan fingerprint density at radius 1 is 1.19 bits per heavy atom. The van der Waals surface area contributed by atoms with Crippen molar-refractivity contribution in [2.45, 2.75) is 25.9 Å². The van der Waals surface area contributed by atoms with Crippen molar-refractivity contribution in [2.75, 3.05) is 0 Å². The summed E-state index contributed by atoms with van der Waals surface area (Å²) in [6.07, 6.45) is 6.58. The average Bonchev–Trinajstić information content (AvgIpc) is 2.96. The Morgan fingerprint density at radius 3 is 2.65 bits per heavy atom. The highest BCUT2D eigenvalue weighted by molar-refractivity contribution is 5.97. The van der Waals surface area contributed by atoms with Gasteiger partial charge in [-0.1, -0.05) is 6.07 Å². The van der Waals surface area contributed by atoms with Gasteiger partial charge in [0.2, 0.25) is 0 Å². The van der Waals surface area contributed by atoms with E-state index in [1.165, 1.54) is 12.4 Å². The Morgan fingerprint density at radius 2 is 1.92 bits per heavy atom. The molecule has 6 nitrogen and oxygen atoms in total. The van der Waals surface area contributed by atoms with Crippen LogP contribution in [0.15, 0.2) is 48.2 Å². The van der Waals surface area contributed by atoms with Gasteiger partial charge < -0.3 is 10.3 Å². The van der Waals surface area contributed by atoms with Gasteiger partial charge in [-0.15, -0.1) is 12.4 Å². The van der Waals surface area contributed by atoms with Crippen LogP contribution < -0.4 is 5.73 Å². The zero-order chi connectivity index (χ0) is 17.6. The van der Waals surface area contributed by atoms with Gasteiger partial charge in [-0.3, -0.25) is 4.99 Å². The number of aryl methyl sites for hydroxylation is 1. The lowest BCUT2D eigenvalue weighted by molar-refractivity contribution is 0.384. The molecule has 134 valence electrons. The van der Waals surface area contributed by atoms with E-state index in [9.17, 15) is 4.39 Å². The molecule has 1 aliphatic rings. The average molecular weight is 373 g/mol. The Kier molecular flexibility index (Phi) is 4.50. The highest BCUT2D eigenvalue weighted by atomic mass is 35.5. The van der Waals surface area contributed by atoms with E-state index < -0.39 is 5.54 Å². The summed E-state index contributed by atoms with van der Waals surface area (Å²) < 4.78 is 16.6. The summed E-state index contributed by atoms with van der Waals surface area (Å²) in [7, 11) is 0. The third-order valence-electron chi connectivity index (χ3n) is 4.55. The molecule has 1 aliphatic heterocycles. The topological polar surface area (TPSA) is 82.0 Å². The number of hydrogen-bond acceptors (Lipinski definition) is 5. The van der Waals surface area contributed by atoms with Gasteiger partial charge in [-0.2, -0.15) is 0 Å². The van der Waals surface area contributed by atoms with E-state index in [0.29, 0.717) is 17.9 Å². The minimum Gasteiger partial charge on any atom is -0.382 e. The predicted molar refractivity (Wildman–Crippen MR) is 99.7 cm³/mol. The van der Waals surface area contributed by atoms with E-state index in [-0.39, 0.29) is 18.2 Å². The fourth-order valence-electron chi connectivity index (χ4n) is 3.33. The molecule has 8 heteroatoms. The fraction of sp³-hybridized carbons (Fsp3) is 0.222. The number of rotatable bonds is 2. The first-order chi connectivity index (χ1) is 12.0. The minimum absolute atomic E-state index is 0. The molecule has 0 unspecified atom stereocenters. The molecule has 0 fully saturated rings. The van der Waals surface area contributed by atoms with Crippen LogP contribution >= 0.6 is 12.4 Å². The van der Waals surface area contributed by atoms with Crippen LogP contribution in [0.4, 0.5) is 4.39 Å². The molecule has 2 aromatic heterocycles. The highest BCUT2D eigenvalue weighted by Gasteiger charge is 2.35. The maximum atomic E-state index is 14.7. The Labute approximate surface area is 156 Å². The number of hydrogen-bond donors (Lipinski definition) is 1. The smallest absolute Gasteiger partial charge is 0.145 e. The van der Waals surface area contributed by atoms with Gasteiger partial charge in [0.1, 0.15) is 29.2 Å². The van der Waals surface area contributed by atoms with Crippen molar-refractivity contribution >= 4 is 18.2 Å². The largest absolute Gasteiger partial charge is 0.382 e. The van der Waals surface area contributed by atoms with E-state index in [2.05, 4.69) is 19.9 Å². The van der Waals surface area contributed by atoms with Gasteiger partial charge >= 0.3 is 0 Å². The third kappa shape index (κ3) is 2.84. The molecule has 0 bridgehead atoms. The fourth-order valence-corrected chi connectivity index (χ4v) is 3.33. The predicted octanol–water partition coefficient (Wildman–Crippen LogP) is 2.84. The van der Waals surface area contributed by atoms with Crippen LogP contribution in [0, 0.1) is 12.7 Å². The molecule has 0 spiro atoms. The molecule has 0 amide bonds. The van der Waals surface area contributed by atoms with Crippen LogP contribution in [0.5, 0.6) is 0 Å². The van der Waals surface area contributed by atoms with Crippen molar-refractivity contribution in [2.24, 2.45) is 10.7 Å². The molecule has 0 saturated carbocycles. The zero-order valence-electron chi connectivity index (χ0n) is 14.3. The summed E-state index contributed by atoms with van der Waals surface area (Å²) in [4.78, 5) is 16.9. The molecule has 0 saturated heterocycles. The minimum atomic E-state index is -0.819. The van der Waals surface area contributed by atoms with Crippen molar-refractivity contribution in [3.63, 3.8) is 0 Å². The van der Waals surface area contributed by atoms with Crippen LogP contribution in [0.3, 0.4) is 0 Å². The lowest BCUT2D eigenvalue weighted by atomic mass is 9.88. The van der Waals surface area contributed by atoms with Gasteiger partial charge in [0, 0.05) is 23.5 Å². The second-order valence-electron chi connectivity index (χ2n) is 6.40. The van der Waals surface area contributed by atoms with Crippen molar-refractivity contribution < 1.29 is 4.39 Å². The van der Waals surface area contributed by atoms with Crippen LogP contribution in [0.1, 0.15) is 23.9 Å². The molecule has 2 N–H and O–H groups in total. The summed E-state index contributed by atoms with van der Waals surface area (Å²) in [5.74, 6) is 0.0523. The number of amidine groups is 1. The summed E-state index contributed by atoms with van der Waals surface area (Å²) in [6, 6.07) is 4.95. The molecule has 0 aliphatic carbocycles. The number of nitrogens with two attached hydrogens (primary N) is 1. The number of benzene rings is 1. The van der Waals surface area contributed by atoms with E-state index in [1.807, 2.05) is 18.4 Å². The SMILES string of the molecule is Cc1ncn2c1C(N)=N[C@](C)(c1cc(-c3cncnc3)ccc1F)C2.Cl. The number of halogens is 2. The molecule has 26 heavy (non-hydrogen) atoms. The quantitative estimate of drug-likeness (QED) is 0.749. The lowest BCUT2D eigenvalue weighted by Crippen LogP contribution is -2.37. The third-order valence-corrected chi connectivity index (χ3v) is 4.55. The molecule has 3 aromatic rings. The first kappa shape index (κ1) is 18.0. The Bertz CT molecular complexity index is 985. The van der Waals surface area contributed by atoms with Crippen molar-refractivity contribution in [1.29, 1.82) is 0 Å². The van der Waals surface area contributed by atoms with E-state index in [0.717, 1.165) is 22.5 Å². The van der Waals surface area contributed by atoms with Gasteiger partial charge in [0.05, 0.1) is 18.6 Å². The molecule has 4 rings (SSSR count). The van der Waals surface area contributed by atoms with Crippen LogP contribution in [-0.2, 0) is 12.1 Å². The molecule has 3 heterocycles. The summed E-state index contributed by atoms with van der Waals surface area (Å²) in [6.45, 7) is 4.23. The first-order valence-corrected chi connectivity index (χ1v) is 7.91. The zero-order valence-corrected chi connectivity index (χ0v) is 15.2. The van der Waals surface area contributed by atoms with E-state index in [4.69, 9.17) is 5.73 Å². The number of fused-ring (bicyclic) bond motifs is 1. The molecule has 0 radical (unpaired) electrons. The standard InChI is InChI=1S/C18H17FN6.ClH/c1-11-16-17(20)24-18(2,8-25(16)10-23-11)14-5-12(3-4-15(14)19)13-6-21-9-22-7-13;/h3-7,9-10H,8H2,1-2H3,(H2,20,24);1H/t18-;/m0./s1. The van der Waals surface area contributed by atoms with Gasteiger partial charge in [-0.05, 0) is 31.5 Å². The maximum Gasteiger partial charge on any atom is 0.145 e. The monoisotopic (exact) mass is 372 g/mol. The van der Waals surface area contributed by atoms with E-state index >= 15 is 0 Å². The number of aliphatic imine (C=N–C) groups is 1. The summed E-state index contributed by atoms with van der Waals surface area (Å²) in [5.41, 5.74) is 9.08. The van der Waals surface area contributed by atoms with Gasteiger partial charge in [0.25, 0.3) is 0 Å². The van der Waals surface area contributed by atoms with Gasteiger partial charge in [-0.25, -0.2) is 19.3 Å².